The van der Waals surface area contributed by atoms with E-state index in [1.54, 1.807) is 0 Å². The molecular formula is C33H25O3PS. The Bertz CT molecular complexity index is 1840. The van der Waals surface area contributed by atoms with E-state index in [9.17, 15) is 13.0 Å². The third-order valence-electron chi connectivity index (χ3n) is 7.13. The van der Waals surface area contributed by atoms with Crippen LogP contribution in [0.4, 0.5) is 0 Å². The van der Waals surface area contributed by atoms with E-state index in [0.717, 1.165) is 43.0 Å². The fraction of sp³-hybridized carbons (Fsp3) is 0.0303. The van der Waals surface area contributed by atoms with Gasteiger partial charge in [-0.25, -0.2) is 8.42 Å². The molecule has 0 aliphatic rings. The third-order valence-corrected chi connectivity index (χ3v) is 12.4. The Morgan fingerprint density at radius 3 is 1.55 bits per heavy atom. The van der Waals surface area contributed by atoms with Crippen LogP contribution in [-0.2, 0) is 10.1 Å². The van der Waals surface area contributed by atoms with Crippen molar-refractivity contribution in [2.75, 3.05) is 0 Å². The van der Waals surface area contributed by atoms with Crippen LogP contribution in [0.1, 0.15) is 5.56 Å². The number of hydrogen-bond donors (Lipinski definition) is 0. The molecule has 0 saturated carbocycles. The molecule has 0 aliphatic carbocycles. The first-order valence-corrected chi connectivity index (χ1v) is 15.6. The van der Waals surface area contributed by atoms with Crippen LogP contribution in [0, 0.1) is 6.92 Å². The highest BCUT2D eigenvalue weighted by atomic mass is 32.2. The monoisotopic (exact) mass is 532 g/mol. The lowest BCUT2D eigenvalue weighted by molar-refractivity contribution is 0.463. The molecule has 186 valence electrons. The van der Waals surface area contributed by atoms with Crippen molar-refractivity contribution in [1.82, 2.24) is 0 Å². The van der Waals surface area contributed by atoms with Gasteiger partial charge in [-0.2, -0.15) is 0 Å². The fourth-order valence-electron chi connectivity index (χ4n) is 5.39. The van der Waals surface area contributed by atoms with Crippen LogP contribution in [0.3, 0.4) is 0 Å². The number of aryl methyl sites for hydroxylation is 1. The van der Waals surface area contributed by atoms with Crippen LogP contribution in [0.2, 0.25) is 0 Å². The average molecular weight is 533 g/mol. The zero-order valence-corrected chi connectivity index (χ0v) is 22.5. The van der Waals surface area contributed by atoms with Gasteiger partial charge in [0.15, 0.2) is 0 Å². The highest BCUT2D eigenvalue weighted by Crippen LogP contribution is 2.56. The van der Waals surface area contributed by atoms with Crippen molar-refractivity contribution >= 4 is 60.1 Å². The van der Waals surface area contributed by atoms with Crippen LogP contribution < -0.4 is 21.2 Å². The largest absolute Gasteiger partial charge is 0.744 e. The van der Waals surface area contributed by atoms with Gasteiger partial charge in [0.2, 0.25) is 0 Å². The Balaban J connectivity index is 1.84. The molecule has 0 fully saturated rings. The normalized spacial score (nSPS) is 12.2. The molecule has 0 heterocycles. The molecule has 38 heavy (non-hydrogen) atoms. The third kappa shape index (κ3) is 4.12. The maximum Gasteiger partial charge on any atom is 0.145 e. The van der Waals surface area contributed by atoms with E-state index in [1.165, 1.54) is 6.07 Å². The summed E-state index contributed by atoms with van der Waals surface area (Å²) in [7, 11) is -7.62. The lowest BCUT2D eigenvalue weighted by Gasteiger charge is -2.30. The van der Waals surface area contributed by atoms with Gasteiger partial charge in [-0.1, -0.05) is 84.9 Å². The standard InChI is InChI=1S/C33H25O3PS/c1-24-15-20-32(33(21-24)38(34,35)36)37(29-13-3-2-4-14-29,30-18-16-25-9-5-7-11-27(25)22-30)31-19-17-26-10-6-8-12-28(26)23-31/h2-23H,1H3. The van der Waals surface area contributed by atoms with E-state index in [-0.39, 0.29) is 4.90 Å². The fourth-order valence-corrected chi connectivity index (χ4v) is 11.1. The van der Waals surface area contributed by atoms with Crippen molar-refractivity contribution in [3.8, 4) is 0 Å². The van der Waals surface area contributed by atoms with Gasteiger partial charge in [0.25, 0.3) is 0 Å². The van der Waals surface area contributed by atoms with Crippen LogP contribution in [-0.4, -0.2) is 13.0 Å². The van der Waals surface area contributed by atoms with Crippen molar-refractivity contribution in [2.45, 2.75) is 11.8 Å². The molecule has 0 unspecified atom stereocenters. The first kappa shape index (κ1) is 24.5. The van der Waals surface area contributed by atoms with Gasteiger partial charge >= 0.3 is 0 Å². The summed E-state index contributed by atoms with van der Waals surface area (Å²) in [6.45, 7) is 1.81. The summed E-state index contributed by atoms with van der Waals surface area (Å²) in [5, 5.41) is 7.84. The maximum atomic E-state index is 12.8. The Labute approximate surface area is 223 Å². The van der Waals surface area contributed by atoms with Gasteiger partial charge in [-0.05, 0) is 82.6 Å². The quantitative estimate of drug-likeness (QED) is 0.208. The summed E-state index contributed by atoms with van der Waals surface area (Å²) in [6, 6.07) is 44.3. The van der Waals surface area contributed by atoms with Crippen LogP contribution in [0.15, 0.2) is 138 Å². The molecule has 5 heteroatoms. The van der Waals surface area contributed by atoms with Crippen molar-refractivity contribution in [3.63, 3.8) is 0 Å². The molecule has 6 aromatic rings. The van der Waals surface area contributed by atoms with Gasteiger partial charge in [-0.15, -0.1) is 0 Å². The molecule has 6 rings (SSSR count). The molecule has 0 atom stereocenters. The average Bonchev–Trinajstić information content (AvgIpc) is 2.94. The smallest absolute Gasteiger partial charge is 0.145 e. The minimum atomic E-state index is -4.77. The summed E-state index contributed by atoms with van der Waals surface area (Å²) in [6.07, 6.45) is 0. The molecule has 0 saturated heterocycles. The van der Waals surface area contributed by atoms with E-state index in [2.05, 4.69) is 72.8 Å². The molecule has 0 spiro atoms. The van der Waals surface area contributed by atoms with Gasteiger partial charge in [0.05, 0.1) is 4.90 Å². The van der Waals surface area contributed by atoms with E-state index in [0.29, 0.717) is 5.30 Å². The Morgan fingerprint density at radius 1 is 0.526 bits per heavy atom. The van der Waals surface area contributed by atoms with Gasteiger partial charge in [0.1, 0.15) is 38.6 Å². The lowest BCUT2D eigenvalue weighted by atomic mass is 10.1. The Hall–Kier alpha value is -3.82. The predicted octanol–water partition coefficient (Wildman–Crippen LogP) is 5.82. The minimum absolute atomic E-state index is 0.156. The Kier molecular flexibility index (Phi) is 6.12. The SMILES string of the molecule is Cc1ccc([P+](c2ccccc2)(c2ccc3ccccc3c2)c2ccc3ccccc3c2)c(S(=O)(=O)[O-])c1. The summed E-state index contributed by atoms with van der Waals surface area (Å²) < 4.78 is 38.5. The second-order valence-electron chi connectivity index (χ2n) is 9.49. The van der Waals surface area contributed by atoms with Gasteiger partial charge in [0, 0.05) is 0 Å². The zero-order valence-electron chi connectivity index (χ0n) is 20.8. The van der Waals surface area contributed by atoms with Crippen LogP contribution in [0.25, 0.3) is 21.5 Å². The van der Waals surface area contributed by atoms with Crippen molar-refractivity contribution in [2.24, 2.45) is 0 Å². The first-order valence-electron chi connectivity index (χ1n) is 12.4. The molecule has 0 aromatic heterocycles. The van der Waals surface area contributed by atoms with Crippen LogP contribution in [0.5, 0.6) is 0 Å². The summed E-state index contributed by atoms with van der Waals surface area (Å²) >= 11 is 0. The first-order chi connectivity index (χ1) is 18.4. The van der Waals surface area contributed by atoms with Gasteiger partial charge in [-0.3, -0.25) is 0 Å². The number of fused-ring (bicyclic) bond motifs is 2. The number of hydrogen-bond acceptors (Lipinski definition) is 3. The van der Waals surface area contributed by atoms with Crippen molar-refractivity contribution in [3.05, 3.63) is 139 Å². The van der Waals surface area contributed by atoms with Gasteiger partial charge < -0.3 is 4.55 Å². The number of benzene rings is 6. The molecule has 0 N–H and O–H groups in total. The van der Waals surface area contributed by atoms with E-state index >= 15 is 0 Å². The second-order valence-corrected chi connectivity index (χ2v) is 14.2. The van der Waals surface area contributed by atoms with Crippen molar-refractivity contribution in [1.29, 1.82) is 0 Å². The number of rotatable bonds is 5. The predicted molar refractivity (Wildman–Crippen MR) is 159 cm³/mol. The zero-order chi connectivity index (χ0) is 26.3. The minimum Gasteiger partial charge on any atom is -0.744 e. The van der Waals surface area contributed by atoms with Crippen molar-refractivity contribution < 1.29 is 13.0 Å². The molecule has 0 radical (unpaired) electrons. The topological polar surface area (TPSA) is 57.2 Å². The molecule has 0 bridgehead atoms. The molecule has 0 amide bonds. The summed E-state index contributed by atoms with van der Waals surface area (Å²) in [5.74, 6) is 0. The molecule has 3 nitrogen and oxygen atoms in total. The summed E-state index contributed by atoms with van der Waals surface area (Å²) in [5.41, 5.74) is 0.728. The Morgan fingerprint density at radius 2 is 1.03 bits per heavy atom. The maximum absolute atomic E-state index is 12.8. The highest BCUT2D eigenvalue weighted by molar-refractivity contribution is 8.02. The van der Waals surface area contributed by atoms with E-state index in [4.69, 9.17) is 0 Å². The van der Waals surface area contributed by atoms with E-state index in [1.807, 2.05) is 61.5 Å². The lowest BCUT2D eigenvalue weighted by Crippen LogP contribution is -2.40. The second kappa shape index (κ2) is 9.49. The molecule has 6 aromatic carbocycles. The molecule has 0 aliphatic heterocycles. The van der Waals surface area contributed by atoms with Crippen LogP contribution >= 0.6 is 7.26 Å². The molecular weight excluding hydrogens is 507 g/mol. The van der Waals surface area contributed by atoms with E-state index < -0.39 is 17.4 Å². The highest BCUT2D eigenvalue weighted by Gasteiger charge is 2.50. The summed E-state index contributed by atoms with van der Waals surface area (Å²) in [4.78, 5) is -0.156.